The van der Waals surface area contributed by atoms with Crippen LogP contribution in [0.15, 0.2) is 48.7 Å². The summed E-state index contributed by atoms with van der Waals surface area (Å²) >= 11 is 6.06. The lowest BCUT2D eigenvalue weighted by atomic mass is 10.1. The van der Waals surface area contributed by atoms with Crippen LogP contribution in [0.3, 0.4) is 0 Å². The van der Waals surface area contributed by atoms with Crippen molar-refractivity contribution in [3.8, 4) is 5.75 Å². The molecule has 3 rings (SSSR count). The number of halogens is 1. The minimum absolute atomic E-state index is 0.212. The lowest BCUT2D eigenvalue weighted by molar-refractivity contribution is -0.142. The summed E-state index contributed by atoms with van der Waals surface area (Å²) in [7, 11) is 0. The Hall–Kier alpha value is -2.46. The van der Waals surface area contributed by atoms with Crippen LogP contribution in [-0.4, -0.2) is 24.2 Å². The summed E-state index contributed by atoms with van der Waals surface area (Å²) in [6.45, 7) is 2.98. The molecule has 0 aliphatic rings. The van der Waals surface area contributed by atoms with Gasteiger partial charge in [0.25, 0.3) is 0 Å². The van der Waals surface area contributed by atoms with Crippen LogP contribution in [-0.2, 0) is 22.4 Å². The molecule has 0 fully saturated rings. The van der Waals surface area contributed by atoms with Crippen molar-refractivity contribution in [2.75, 3.05) is 13.2 Å². The number of rotatable bonds is 8. The number of carbonyl (C=O) groups excluding carboxylic acids is 1. The minimum atomic E-state index is -0.212. The average Bonchev–Trinajstić information content (AvgIpc) is 3.03. The van der Waals surface area contributed by atoms with E-state index in [1.54, 1.807) is 0 Å². The van der Waals surface area contributed by atoms with E-state index in [-0.39, 0.29) is 12.4 Å². The van der Waals surface area contributed by atoms with Crippen molar-refractivity contribution >= 4 is 28.5 Å². The maximum atomic E-state index is 12.0. The standard InChI is InChI=1S/C21H22ClNO3/c1-2-25-18-8-5-15(6-9-18)12-21(24)26-11-3-4-16-14-23-20-10-7-17(22)13-19(16)20/h5-10,13-14,23H,2-4,11-12H2,1H3. The van der Waals surface area contributed by atoms with Gasteiger partial charge in [-0.2, -0.15) is 0 Å². The van der Waals surface area contributed by atoms with Gasteiger partial charge in [0.1, 0.15) is 5.75 Å². The number of fused-ring (bicyclic) bond motifs is 1. The van der Waals surface area contributed by atoms with Crippen molar-refractivity contribution in [3.05, 3.63) is 64.8 Å². The highest BCUT2D eigenvalue weighted by Gasteiger charge is 2.07. The van der Waals surface area contributed by atoms with Gasteiger partial charge >= 0.3 is 5.97 Å². The van der Waals surface area contributed by atoms with Gasteiger partial charge in [-0.3, -0.25) is 4.79 Å². The van der Waals surface area contributed by atoms with E-state index in [4.69, 9.17) is 21.1 Å². The molecule has 0 atom stereocenters. The van der Waals surface area contributed by atoms with Crippen LogP contribution < -0.4 is 4.74 Å². The number of esters is 1. The van der Waals surface area contributed by atoms with Crippen molar-refractivity contribution in [1.82, 2.24) is 4.98 Å². The zero-order valence-corrected chi connectivity index (χ0v) is 15.5. The Bertz CT molecular complexity index is 871. The quantitative estimate of drug-likeness (QED) is 0.450. The Morgan fingerprint density at radius 1 is 1.15 bits per heavy atom. The van der Waals surface area contributed by atoms with Gasteiger partial charge in [-0.15, -0.1) is 0 Å². The Labute approximate surface area is 158 Å². The largest absolute Gasteiger partial charge is 0.494 e. The van der Waals surface area contributed by atoms with E-state index in [0.29, 0.717) is 13.2 Å². The zero-order chi connectivity index (χ0) is 18.4. The summed E-state index contributed by atoms with van der Waals surface area (Å²) in [4.78, 5) is 15.2. The zero-order valence-electron chi connectivity index (χ0n) is 14.8. The molecule has 0 saturated heterocycles. The van der Waals surface area contributed by atoms with E-state index in [1.807, 2.05) is 55.6 Å². The molecule has 0 bridgehead atoms. The molecule has 0 unspecified atom stereocenters. The Morgan fingerprint density at radius 3 is 2.73 bits per heavy atom. The van der Waals surface area contributed by atoms with Crippen LogP contribution in [0.4, 0.5) is 0 Å². The van der Waals surface area contributed by atoms with Crippen LogP contribution in [0.5, 0.6) is 5.75 Å². The van der Waals surface area contributed by atoms with Crippen LogP contribution in [0.2, 0.25) is 5.02 Å². The first kappa shape index (κ1) is 18.3. The van der Waals surface area contributed by atoms with E-state index in [0.717, 1.165) is 40.1 Å². The fraction of sp³-hybridized carbons (Fsp3) is 0.286. The molecule has 4 nitrogen and oxygen atoms in total. The molecule has 1 N–H and O–H groups in total. The first-order valence-corrected chi connectivity index (χ1v) is 9.16. The van der Waals surface area contributed by atoms with Crippen molar-refractivity contribution < 1.29 is 14.3 Å². The molecule has 0 aliphatic carbocycles. The minimum Gasteiger partial charge on any atom is -0.494 e. The van der Waals surface area contributed by atoms with Crippen molar-refractivity contribution in [2.45, 2.75) is 26.2 Å². The molecular formula is C21H22ClNO3. The number of hydrogen-bond acceptors (Lipinski definition) is 3. The number of aromatic amines is 1. The number of H-pyrrole nitrogens is 1. The third-order valence-electron chi connectivity index (χ3n) is 4.17. The number of carbonyl (C=O) groups is 1. The van der Waals surface area contributed by atoms with E-state index >= 15 is 0 Å². The lowest BCUT2D eigenvalue weighted by Crippen LogP contribution is -2.09. The first-order valence-electron chi connectivity index (χ1n) is 8.78. The van der Waals surface area contributed by atoms with Gasteiger partial charge < -0.3 is 14.5 Å². The van der Waals surface area contributed by atoms with Gasteiger partial charge in [0.05, 0.1) is 19.6 Å². The van der Waals surface area contributed by atoms with Crippen LogP contribution in [0, 0.1) is 0 Å². The summed E-state index contributed by atoms with van der Waals surface area (Å²) in [6, 6.07) is 13.3. The molecule has 2 aromatic carbocycles. The number of aromatic nitrogens is 1. The van der Waals surface area contributed by atoms with Crippen LogP contribution >= 0.6 is 11.6 Å². The molecule has 1 heterocycles. The van der Waals surface area contributed by atoms with Crippen molar-refractivity contribution in [2.24, 2.45) is 0 Å². The van der Waals surface area contributed by atoms with E-state index in [1.165, 1.54) is 5.56 Å². The summed E-state index contributed by atoms with van der Waals surface area (Å²) in [5.74, 6) is 0.597. The van der Waals surface area contributed by atoms with Gasteiger partial charge in [0.15, 0.2) is 0 Å². The van der Waals surface area contributed by atoms with Crippen molar-refractivity contribution in [1.29, 1.82) is 0 Å². The number of ether oxygens (including phenoxy) is 2. The Morgan fingerprint density at radius 2 is 1.96 bits per heavy atom. The molecule has 1 aromatic heterocycles. The molecule has 3 aromatic rings. The second kappa shape index (κ2) is 8.77. The molecule has 0 radical (unpaired) electrons. The summed E-state index contributed by atoms with van der Waals surface area (Å²) in [5.41, 5.74) is 3.17. The highest BCUT2D eigenvalue weighted by Crippen LogP contribution is 2.23. The van der Waals surface area contributed by atoms with Gasteiger partial charge in [-0.05, 0) is 61.2 Å². The summed E-state index contributed by atoms with van der Waals surface area (Å²) < 4.78 is 10.7. The fourth-order valence-corrected chi connectivity index (χ4v) is 3.07. The smallest absolute Gasteiger partial charge is 0.310 e. The number of hydrogen-bond donors (Lipinski definition) is 1. The van der Waals surface area contributed by atoms with Crippen LogP contribution in [0.25, 0.3) is 10.9 Å². The third kappa shape index (κ3) is 4.79. The van der Waals surface area contributed by atoms with Crippen LogP contribution in [0.1, 0.15) is 24.5 Å². The maximum absolute atomic E-state index is 12.0. The molecule has 0 aliphatic heterocycles. The Kier molecular flexibility index (Phi) is 6.18. The van der Waals surface area contributed by atoms with Gasteiger partial charge in [0.2, 0.25) is 0 Å². The SMILES string of the molecule is CCOc1ccc(CC(=O)OCCCc2c[nH]c3ccc(Cl)cc23)cc1. The van der Waals surface area contributed by atoms with Gasteiger partial charge in [-0.25, -0.2) is 0 Å². The molecule has 136 valence electrons. The number of aryl methyl sites for hydroxylation is 1. The summed E-state index contributed by atoms with van der Waals surface area (Å²) in [5, 5.41) is 1.85. The maximum Gasteiger partial charge on any atom is 0.310 e. The van der Waals surface area contributed by atoms with Gasteiger partial charge in [-0.1, -0.05) is 23.7 Å². The van der Waals surface area contributed by atoms with E-state index in [9.17, 15) is 4.79 Å². The Balaban J connectivity index is 1.44. The molecule has 26 heavy (non-hydrogen) atoms. The lowest BCUT2D eigenvalue weighted by Gasteiger charge is -2.06. The summed E-state index contributed by atoms with van der Waals surface area (Å²) in [6.07, 6.45) is 3.86. The monoisotopic (exact) mass is 371 g/mol. The highest BCUT2D eigenvalue weighted by atomic mass is 35.5. The molecule has 0 saturated carbocycles. The second-order valence-corrected chi connectivity index (χ2v) is 6.52. The number of benzene rings is 2. The van der Waals surface area contributed by atoms with E-state index in [2.05, 4.69) is 4.98 Å². The van der Waals surface area contributed by atoms with Crippen molar-refractivity contribution in [3.63, 3.8) is 0 Å². The third-order valence-corrected chi connectivity index (χ3v) is 4.40. The normalized spacial score (nSPS) is 10.8. The first-order chi connectivity index (χ1) is 12.7. The fourth-order valence-electron chi connectivity index (χ4n) is 2.89. The molecule has 5 heteroatoms. The van der Waals surface area contributed by atoms with Gasteiger partial charge in [0, 0.05) is 22.1 Å². The second-order valence-electron chi connectivity index (χ2n) is 6.08. The topological polar surface area (TPSA) is 51.3 Å². The average molecular weight is 372 g/mol. The molecule has 0 amide bonds. The van der Waals surface area contributed by atoms with E-state index < -0.39 is 0 Å². The molecular weight excluding hydrogens is 350 g/mol. The highest BCUT2D eigenvalue weighted by molar-refractivity contribution is 6.31. The predicted octanol–water partition coefficient (Wildman–Crippen LogP) is 4.94. The number of nitrogens with one attached hydrogen (secondary N) is 1. The molecule has 0 spiro atoms. The predicted molar refractivity (Wildman–Crippen MR) is 104 cm³/mol.